The van der Waals surface area contributed by atoms with Crippen LogP contribution in [0.15, 0.2) is 0 Å². The summed E-state index contributed by atoms with van der Waals surface area (Å²) >= 11 is 0. The smallest absolute Gasteiger partial charge is 0.314 e. The molecule has 0 radical (unpaired) electrons. The van der Waals surface area contributed by atoms with Crippen LogP contribution >= 0.6 is 0 Å². The molecule has 0 aromatic carbocycles. The largest absolute Gasteiger partial charge is 0.465 e. The number of carbonyl (C=O) groups is 1. The number of hydrogen-bond acceptors (Lipinski definition) is 3. The van der Waals surface area contributed by atoms with Gasteiger partial charge >= 0.3 is 5.97 Å². The SMILES string of the molecule is CCCC1(C(=O)OCC)CCCC1OCC. The fourth-order valence-electron chi connectivity index (χ4n) is 2.83. The first-order chi connectivity index (χ1) is 7.71. The van der Waals surface area contributed by atoms with Gasteiger partial charge in [0.1, 0.15) is 0 Å². The van der Waals surface area contributed by atoms with Crippen molar-refractivity contribution >= 4 is 5.97 Å². The molecule has 0 N–H and O–H groups in total. The summed E-state index contributed by atoms with van der Waals surface area (Å²) in [6, 6.07) is 0. The van der Waals surface area contributed by atoms with Crippen molar-refractivity contribution in [1.29, 1.82) is 0 Å². The first-order valence-electron chi connectivity index (χ1n) is 6.50. The molecule has 1 aliphatic carbocycles. The maximum absolute atomic E-state index is 12.1. The summed E-state index contributed by atoms with van der Waals surface area (Å²) in [4.78, 5) is 12.1. The van der Waals surface area contributed by atoms with Gasteiger partial charge in [0.05, 0.1) is 18.1 Å². The highest BCUT2D eigenvalue weighted by molar-refractivity contribution is 5.78. The molecule has 0 heterocycles. The lowest BCUT2D eigenvalue weighted by Gasteiger charge is -2.32. The quantitative estimate of drug-likeness (QED) is 0.656. The van der Waals surface area contributed by atoms with E-state index in [4.69, 9.17) is 9.47 Å². The lowest BCUT2D eigenvalue weighted by atomic mass is 9.79. The van der Waals surface area contributed by atoms with Crippen molar-refractivity contribution in [2.24, 2.45) is 5.41 Å². The second-order valence-electron chi connectivity index (χ2n) is 4.46. The summed E-state index contributed by atoms with van der Waals surface area (Å²) in [5, 5.41) is 0. The minimum Gasteiger partial charge on any atom is -0.465 e. The van der Waals surface area contributed by atoms with Gasteiger partial charge in [0.15, 0.2) is 0 Å². The number of carbonyl (C=O) groups excluding carboxylic acids is 1. The molecule has 0 bridgehead atoms. The van der Waals surface area contributed by atoms with Crippen molar-refractivity contribution < 1.29 is 14.3 Å². The van der Waals surface area contributed by atoms with Gasteiger partial charge in [-0.3, -0.25) is 4.79 Å². The zero-order valence-corrected chi connectivity index (χ0v) is 10.8. The molecule has 0 aliphatic heterocycles. The van der Waals surface area contributed by atoms with Gasteiger partial charge in [-0.15, -0.1) is 0 Å². The van der Waals surface area contributed by atoms with E-state index in [1.54, 1.807) is 0 Å². The predicted molar refractivity (Wildman–Crippen MR) is 63.2 cm³/mol. The monoisotopic (exact) mass is 228 g/mol. The highest BCUT2D eigenvalue weighted by Crippen LogP contribution is 2.45. The number of ether oxygens (including phenoxy) is 2. The zero-order valence-electron chi connectivity index (χ0n) is 10.8. The first-order valence-corrected chi connectivity index (χ1v) is 6.50. The van der Waals surface area contributed by atoms with E-state index in [9.17, 15) is 4.79 Å². The third kappa shape index (κ3) is 2.57. The molecule has 0 saturated heterocycles. The number of hydrogen-bond donors (Lipinski definition) is 0. The molecule has 2 atom stereocenters. The van der Waals surface area contributed by atoms with Crippen LogP contribution in [0.1, 0.15) is 52.9 Å². The van der Waals surface area contributed by atoms with Crippen molar-refractivity contribution in [3.63, 3.8) is 0 Å². The molecule has 3 nitrogen and oxygen atoms in total. The Labute approximate surface area is 98.5 Å². The third-order valence-corrected chi connectivity index (χ3v) is 3.45. The van der Waals surface area contributed by atoms with Crippen molar-refractivity contribution in [2.45, 2.75) is 59.0 Å². The van der Waals surface area contributed by atoms with E-state index in [1.807, 2.05) is 13.8 Å². The van der Waals surface area contributed by atoms with Crippen LogP contribution in [0.3, 0.4) is 0 Å². The first kappa shape index (κ1) is 13.5. The summed E-state index contributed by atoms with van der Waals surface area (Å²) in [5.74, 6) is -0.0483. The minimum absolute atomic E-state index is 0.0483. The molecule has 1 rings (SSSR count). The maximum Gasteiger partial charge on any atom is 0.314 e. The number of rotatable bonds is 6. The molecular weight excluding hydrogens is 204 g/mol. The fourth-order valence-corrected chi connectivity index (χ4v) is 2.83. The number of esters is 1. The Morgan fingerprint density at radius 2 is 2.06 bits per heavy atom. The predicted octanol–water partition coefficient (Wildman–Crippen LogP) is 2.93. The van der Waals surface area contributed by atoms with Gasteiger partial charge in [0.2, 0.25) is 0 Å². The molecule has 0 amide bonds. The summed E-state index contributed by atoms with van der Waals surface area (Å²) in [6.45, 7) is 7.10. The Bertz CT molecular complexity index is 227. The van der Waals surface area contributed by atoms with E-state index in [-0.39, 0.29) is 17.5 Å². The summed E-state index contributed by atoms with van der Waals surface area (Å²) < 4.78 is 11.0. The minimum atomic E-state index is -0.360. The van der Waals surface area contributed by atoms with Crippen LogP contribution in [0.5, 0.6) is 0 Å². The molecule has 0 aromatic heterocycles. The van der Waals surface area contributed by atoms with Gasteiger partial charge < -0.3 is 9.47 Å². The van der Waals surface area contributed by atoms with Gasteiger partial charge in [-0.05, 0) is 39.5 Å². The maximum atomic E-state index is 12.1. The highest BCUT2D eigenvalue weighted by Gasteiger charge is 2.49. The van der Waals surface area contributed by atoms with E-state index in [0.29, 0.717) is 13.2 Å². The second kappa shape index (κ2) is 6.24. The van der Waals surface area contributed by atoms with Crippen LogP contribution in [-0.4, -0.2) is 25.3 Å². The Balaban J connectivity index is 2.80. The van der Waals surface area contributed by atoms with Gasteiger partial charge in [-0.2, -0.15) is 0 Å². The van der Waals surface area contributed by atoms with Crippen LogP contribution in [0.25, 0.3) is 0 Å². The van der Waals surface area contributed by atoms with Gasteiger partial charge in [0.25, 0.3) is 0 Å². The zero-order chi connectivity index (χ0) is 12.0. The van der Waals surface area contributed by atoms with Crippen LogP contribution < -0.4 is 0 Å². The van der Waals surface area contributed by atoms with Gasteiger partial charge in [-0.1, -0.05) is 13.3 Å². The van der Waals surface area contributed by atoms with E-state index in [1.165, 1.54) is 0 Å². The fraction of sp³-hybridized carbons (Fsp3) is 0.923. The Hall–Kier alpha value is -0.570. The van der Waals surface area contributed by atoms with E-state index < -0.39 is 0 Å². The standard InChI is InChI=1S/C13H24O3/c1-4-9-13(12(14)16-6-3)10-7-8-11(13)15-5-2/h11H,4-10H2,1-3H3. The third-order valence-electron chi connectivity index (χ3n) is 3.45. The van der Waals surface area contributed by atoms with E-state index in [2.05, 4.69) is 6.92 Å². The molecule has 0 spiro atoms. The molecule has 16 heavy (non-hydrogen) atoms. The van der Waals surface area contributed by atoms with Gasteiger partial charge in [-0.25, -0.2) is 0 Å². The van der Waals surface area contributed by atoms with Crippen LogP contribution in [0.2, 0.25) is 0 Å². The van der Waals surface area contributed by atoms with Crippen molar-refractivity contribution in [1.82, 2.24) is 0 Å². The summed E-state index contributed by atoms with van der Waals surface area (Å²) in [6.07, 6.45) is 4.94. The molecule has 94 valence electrons. The molecule has 1 fully saturated rings. The van der Waals surface area contributed by atoms with Crippen LogP contribution in [-0.2, 0) is 14.3 Å². The molecule has 1 aliphatic rings. The van der Waals surface area contributed by atoms with E-state index in [0.717, 1.165) is 32.1 Å². The van der Waals surface area contributed by atoms with E-state index >= 15 is 0 Å². The molecule has 1 saturated carbocycles. The second-order valence-corrected chi connectivity index (χ2v) is 4.46. The average molecular weight is 228 g/mol. The van der Waals surface area contributed by atoms with Crippen LogP contribution in [0, 0.1) is 5.41 Å². The lowest BCUT2D eigenvalue weighted by molar-refractivity contribution is -0.164. The Morgan fingerprint density at radius 3 is 2.62 bits per heavy atom. The normalized spacial score (nSPS) is 29.3. The van der Waals surface area contributed by atoms with Crippen LogP contribution in [0.4, 0.5) is 0 Å². The van der Waals surface area contributed by atoms with Crippen molar-refractivity contribution in [3.05, 3.63) is 0 Å². The lowest BCUT2D eigenvalue weighted by Crippen LogP contribution is -2.41. The van der Waals surface area contributed by atoms with Crippen molar-refractivity contribution in [3.8, 4) is 0 Å². The molecule has 2 unspecified atom stereocenters. The molecule has 0 aromatic rings. The molecular formula is C13H24O3. The van der Waals surface area contributed by atoms with Gasteiger partial charge in [0, 0.05) is 6.61 Å². The van der Waals surface area contributed by atoms with Crippen molar-refractivity contribution in [2.75, 3.05) is 13.2 Å². The Morgan fingerprint density at radius 1 is 1.31 bits per heavy atom. The Kier molecular flexibility index (Phi) is 5.26. The molecule has 3 heteroatoms. The summed E-state index contributed by atoms with van der Waals surface area (Å²) in [7, 11) is 0. The topological polar surface area (TPSA) is 35.5 Å². The summed E-state index contributed by atoms with van der Waals surface area (Å²) in [5.41, 5.74) is -0.360. The average Bonchev–Trinajstić information content (AvgIpc) is 2.64. The highest BCUT2D eigenvalue weighted by atomic mass is 16.5.